The molecule has 0 N–H and O–H groups in total. The van der Waals surface area contributed by atoms with Gasteiger partial charge >= 0.3 is 0 Å². The predicted molar refractivity (Wildman–Crippen MR) is 88.5 cm³/mol. The van der Waals surface area contributed by atoms with Gasteiger partial charge < -0.3 is 4.90 Å². The zero-order valence-electron chi connectivity index (χ0n) is 12.3. The Hall–Kier alpha value is -1.65. The van der Waals surface area contributed by atoms with Crippen LogP contribution < -0.4 is 4.90 Å². The van der Waals surface area contributed by atoms with Gasteiger partial charge in [-0.25, -0.2) is 0 Å². The van der Waals surface area contributed by atoms with Gasteiger partial charge in [0.15, 0.2) is 5.78 Å². The molecule has 0 bridgehead atoms. The van der Waals surface area contributed by atoms with Crippen LogP contribution in [0.15, 0.2) is 41.8 Å². The van der Waals surface area contributed by atoms with E-state index in [1.165, 1.54) is 22.6 Å². The summed E-state index contributed by atoms with van der Waals surface area (Å²) in [5.74, 6) is 0.244. The molecule has 1 saturated heterocycles. The fourth-order valence-corrected chi connectivity index (χ4v) is 3.36. The van der Waals surface area contributed by atoms with Crippen molar-refractivity contribution < 1.29 is 4.79 Å². The van der Waals surface area contributed by atoms with E-state index in [-0.39, 0.29) is 5.78 Å². The summed E-state index contributed by atoms with van der Waals surface area (Å²) in [4.78, 5) is 17.7. The van der Waals surface area contributed by atoms with Gasteiger partial charge in [-0.2, -0.15) is 0 Å². The van der Waals surface area contributed by atoms with Gasteiger partial charge in [0.25, 0.3) is 0 Å². The molecule has 1 aromatic carbocycles. The fraction of sp³-hybridized carbons (Fsp3) is 0.353. The summed E-state index contributed by atoms with van der Waals surface area (Å²) in [5, 5.41) is 1.96. The lowest BCUT2D eigenvalue weighted by atomic mass is 10.2. The summed E-state index contributed by atoms with van der Waals surface area (Å²) in [7, 11) is 0. The molecule has 2 heterocycles. The first kappa shape index (κ1) is 14.3. The third-order valence-corrected chi connectivity index (χ3v) is 4.81. The van der Waals surface area contributed by atoms with E-state index in [9.17, 15) is 4.79 Å². The molecule has 2 aromatic rings. The van der Waals surface area contributed by atoms with Gasteiger partial charge in [-0.3, -0.25) is 9.69 Å². The maximum absolute atomic E-state index is 12.1. The van der Waals surface area contributed by atoms with Crippen molar-refractivity contribution in [3.8, 4) is 0 Å². The maximum Gasteiger partial charge on any atom is 0.186 e. The number of rotatable bonds is 4. The normalized spacial score (nSPS) is 16.1. The van der Waals surface area contributed by atoms with Crippen LogP contribution in [0, 0.1) is 6.92 Å². The summed E-state index contributed by atoms with van der Waals surface area (Å²) in [5.41, 5.74) is 2.59. The van der Waals surface area contributed by atoms with Gasteiger partial charge in [-0.1, -0.05) is 18.2 Å². The van der Waals surface area contributed by atoms with Crippen LogP contribution in [0.1, 0.15) is 15.2 Å². The van der Waals surface area contributed by atoms with Crippen LogP contribution >= 0.6 is 11.3 Å². The molecule has 1 aliphatic rings. The average molecular weight is 300 g/mol. The number of aryl methyl sites for hydroxylation is 1. The minimum absolute atomic E-state index is 0.244. The number of benzene rings is 1. The lowest BCUT2D eigenvalue weighted by Gasteiger charge is -2.35. The number of hydrogen-bond donors (Lipinski definition) is 0. The van der Waals surface area contributed by atoms with Crippen LogP contribution in [0.3, 0.4) is 0 Å². The highest BCUT2D eigenvalue weighted by Crippen LogP contribution is 2.18. The molecule has 0 atom stereocenters. The predicted octanol–water partition coefficient (Wildman–Crippen LogP) is 3.06. The molecular weight excluding hydrogens is 280 g/mol. The van der Waals surface area contributed by atoms with E-state index in [2.05, 4.69) is 41.0 Å². The van der Waals surface area contributed by atoms with Crippen LogP contribution in [0.2, 0.25) is 0 Å². The zero-order chi connectivity index (χ0) is 14.7. The quantitative estimate of drug-likeness (QED) is 0.811. The number of piperazine rings is 1. The van der Waals surface area contributed by atoms with Gasteiger partial charge in [-0.15, -0.1) is 11.3 Å². The van der Waals surface area contributed by atoms with Crippen molar-refractivity contribution in [3.05, 3.63) is 52.2 Å². The van der Waals surface area contributed by atoms with E-state index >= 15 is 0 Å². The van der Waals surface area contributed by atoms with Crippen molar-refractivity contribution in [2.24, 2.45) is 0 Å². The number of anilines is 1. The third-order valence-electron chi connectivity index (χ3n) is 3.90. The molecule has 0 spiro atoms. The highest BCUT2D eigenvalue weighted by Gasteiger charge is 2.20. The summed E-state index contributed by atoms with van der Waals surface area (Å²) < 4.78 is 0. The molecule has 110 valence electrons. The Bertz CT molecular complexity index is 601. The highest BCUT2D eigenvalue weighted by molar-refractivity contribution is 7.12. The van der Waals surface area contributed by atoms with Crippen molar-refractivity contribution >= 4 is 22.8 Å². The van der Waals surface area contributed by atoms with Crippen molar-refractivity contribution in [2.75, 3.05) is 37.6 Å². The van der Waals surface area contributed by atoms with Gasteiger partial charge in [-0.05, 0) is 36.1 Å². The molecule has 1 fully saturated rings. The lowest BCUT2D eigenvalue weighted by molar-refractivity contribution is 0.0930. The second-order valence-electron chi connectivity index (χ2n) is 5.50. The summed E-state index contributed by atoms with van der Waals surface area (Å²) in [6, 6.07) is 12.5. The molecule has 0 saturated carbocycles. The molecule has 21 heavy (non-hydrogen) atoms. The van der Waals surface area contributed by atoms with Crippen LogP contribution in [0.4, 0.5) is 5.69 Å². The van der Waals surface area contributed by atoms with E-state index < -0.39 is 0 Å². The number of thiophene rings is 1. The fourth-order valence-electron chi connectivity index (χ4n) is 2.71. The minimum Gasteiger partial charge on any atom is -0.369 e. The number of hydrogen-bond acceptors (Lipinski definition) is 4. The molecule has 0 radical (unpaired) electrons. The average Bonchev–Trinajstić information content (AvgIpc) is 3.02. The summed E-state index contributed by atoms with van der Waals surface area (Å²) in [6.07, 6.45) is 0. The number of Topliss-reactive ketones (excluding diaryl/α,β-unsaturated/α-hetero) is 1. The Morgan fingerprint density at radius 1 is 1.14 bits per heavy atom. The Morgan fingerprint density at radius 3 is 2.62 bits per heavy atom. The van der Waals surface area contributed by atoms with Crippen molar-refractivity contribution in [1.29, 1.82) is 0 Å². The van der Waals surface area contributed by atoms with Crippen molar-refractivity contribution in [1.82, 2.24) is 4.90 Å². The van der Waals surface area contributed by atoms with Crippen LogP contribution in [0.25, 0.3) is 0 Å². The van der Waals surface area contributed by atoms with Crippen LogP contribution in [-0.4, -0.2) is 43.4 Å². The Balaban J connectivity index is 1.54. The van der Waals surface area contributed by atoms with Crippen LogP contribution in [-0.2, 0) is 0 Å². The first-order valence-corrected chi connectivity index (χ1v) is 8.21. The van der Waals surface area contributed by atoms with Gasteiger partial charge in [0.05, 0.1) is 11.4 Å². The van der Waals surface area contributed by atoms with Crippen LogP contribution in [0.5, 0.6) is 0 Å². The van der Waals surface area contributed by atoms with Gasteiger partial charge in [0, 0.05) is 31.9 Å². The first-order chi connectivity index (χ1) is 10.2. The first-order valence-electron chi connectivity index (χ1n) is 7.33. The summed E-state index contributed by atoms with van der Waals surface area (Å²) in [6.45, 7) is 6.54. The summed E-state index contributed by atoms with van der Waals surface area (Å²) >= 11 is 1.53. The van der Waals surface area contributed by atoms with Crippen molar-refractivity contribution in [3.63, 3.8) is 0 Å². The molecule has 0 unspecified atom stereocenters. The van der Waals surface area contributed by atoms with E-state index in [0.717, 1.165) is 31.1 Å². The van der Waals surface area contributed by atoms with Crippen molar-refractivity contribution in [2.45, 2.75) is 6.92 Å². The second kappa shape index (κ2) is 6.41. The number of nitrogens with zero attached hydrogens (tertiary/aromatic N) is 2. The zero-order valence-corrected chi connectivity index (χ0v) is 13.1. The third kappa shape index (κ3) is 3.52. The second-order valence-corrected chi connectivity index (χ2v) is 6.45. The highest BCUT2D eigenvalue weighted by atomic mass is 32.1. The topological polar surface area (TPSA) is 23.6 Å². The number of ketones is 1. The monoisotopic (exact) mass is 300 g/mol. The SMILES string of the molecule is Cc1cccc(N2CCN(CC(=O)c3cccs3)CC2)c1. The molecule has 0 amide bonds. The largest absolute Gasteiger partial charge is 0.369 e. The smallest absolute Gasteiger partial charge is 0.186 e. The lowest BCUT2D eigenvalue weighted by Crippen LogP contribution is -2.47. The van der Waals surface area contributed by atoms with E-state index in [1.807, 2.05) is 17.5 Å². The molecule has 3 nitrogen and oxygen atoms in total. The Morgan fingerprint density at radius 2 is 1.95 bits per heavy atom. The van der Waals surface area contributed by atoms with E-state index in [0.29, 0.717) is 6.54 Å². The minimum atomic E-state index is 0.244. The maximum atomic E-state index is 12.1. The Labute approximate surface area is 129 Å². The number of carbonyl (C=O) groups excluding carboxylic acids is 1. The Kier molecular flexibility index (Phi) is 4.36. The molecule has 1 aromatic heterocycles. The van der Waals surface area contributed by atoms with E-state index in [4.69, 9.17) is 0 Å². The molecule has 3 rings (SSSR count). The van der Waals surface area contributed by atoms with E-state index in [1.54, 1.807) is 0 Å². The molecular formula is C17H20N2OS. The number of carbonyl (C=O) groups is 1. The van der Waals surface area contributed by atoms with Gasteiger partial charge in [0.2, 0.25) is 0 Å². The van der Waals surface area contributed by atoms with Gasteiger partial charge in [0.1, 0.15) is 0 Å². The molecule has 1 aliphatic heterocycles. The standard InChI is InChI=1S/C17H20N2OS/c1-14-4-2-5-15(12-14)19-9-7-18(8-10-19)13-16(20)17-6-3-11-21-17/h2-6,11-12H,7-10,13H2,1H3. The molecule has 4 heteroatoms. The molecule has 0 aliphatic carbocycles.